The molecule has 108 valence electrons. The largest absolute Gasteiger partial charge is 0.379 e. The number of hydrogen-bond acceptors (Lipinski definition) is 1. The molecule has 0 amide bonds. The zero-order chi connectivity index (χ0) is 15.0. The summed E-state index contributed by atoms with van der Waals surface area (Å²) in [5.74, 6) is 0. The van der Waals surface area contributed by atoms with Gasteiger partial charge in [0.25, 0.3) is 0 Å². The number of nitrogens with zero attached hydrogens (tertiary/aromatic N) is 1. The number of aryl methyl sites for hydroxylation is 3. The summed E-state index contributed by atoms with van der Waals surface area (Å²) in [5, 5.41) is 4.90. The van der Waals surface area contributed by atoms with Gasteiger partial charge in [0.2, 0.25) is 0 Å². The first kappa shape index (κ1) is 14.2. The van der Waals surface area contributed by atoms with Crippen LogP contribution in [0.2, 0.25) is 0 Å². The maximum atomic E-state index is 3.56. The molecule has 0 saturated carbocycles. The summed E-state index contributed by atoms with van der Waals surface area (Å²) in [4.78, 5) is 0. The highest BCUT2D eigenvalue weighted by Gasteiger charge is 2.11. The molecule has 3 rings (SSSR count). The van der Waals surface area contributed by atoms with Crippen LogP contribution in [0.25, 0.3) is 10.9 Å². The molecule has 0 saturated heterocycles. The molecule has 0 radical (unpaired) electrons. The summed E-state index contributed by atoms with van der Waals surface area (Å²) in [6.45, 7) is 5.16. The Bertz CT molecular complexity index is 763. The average molecular weight is 343 g/mol. The lowest BCUT2D eigenvalue weighted by Crippen LogP contribution is -2.06. The Morgan fingerprint density at radius 2 is 1.86 bits per heavy atom. The van der Waals surface area contributed by atoms with Crippen LogP contribution in [0.4, 0.5) is 5.69 Å². The number of aromatic nitrogens is 1. The lowest BCUT2D eigenvalue weighted by atomic mass is 10.1. The second kappa shape index (κ2) is 5.57. The third-order valence-electron chi connectivity index (χ3n) is 4.15. The highest BCUT2D eigenvalue weighted by Crippen LogP contribution is 2.26. The van der Waals surface area contributed by atoms with Gasteiger partial charge in [-0.2, -0.15) is 0 Å². The maximum absolute atomic E-state index is 3.56. The predicted octanol–water partition coefficient (Wildman–Crippen LogP) is 5.17. The first-order valence-corrected chi connectivity index (χ1v) is 7.90. The van der Waals surface area contributed by atoms with Crippen molar-refractivity contribution in [3.8, 4) is 0 Å². The van der Waals surface area contributed by atoms with Gasteiger partial charge >= 0.3 is 0 Å². The zero-order valence-corrected chi connectivity index (χ0v) is 14.2. The summed E-state index contributed by atoms with van der Waals surface area (Å²) in [5.41, 5.74) is 6.41. The van der Waals surface area contributed by atoms with E-state index >= 15 is 0 Å². The van der Waals surface area contributed by atoms with Crippen LogP contribution in [0.15, 0.2) is 46.9 Å². The number of nitrogens with one attached hydrogen (secondary N) is 1. The highest BCUT2D eigenvalue weighted by molar-refractivity contribution is 9.10. The Morgan fingerprint density at radius 3 is 2.62 bits per heavy atom. The molecule has 0 aliphatic heterocycles. The molecule has 0 atom stereocenters. The smallest absolute Gasteiger partial charge is 0.0556 e. The van der Waals surface area contributed by atoms with Crippen LogP contribution in [-0.2, 0) is 13.6 Å². The first-order valence-electron chi connectivity index (χ1n) is 7.11. The minimum absolute atomic E-state index is 0.828. The van der Waals surface area contributed by atoms with Gasteiger partial charge in [-0.1, -0.05) is 40.2 Å². The normalized spacial score (nSPS) is 11.0. The number of anilines is 1. The molecular weight excluding hydrogens is 324 g/mol. The van der Waals surface area contributed by atoms with E-state index in [2.05, 4.69) is 89.2 Å². The van der Waals surface area contributed by atoms with E-state index in [9.17, 15) is 0 Å². The Labute approximate surface area is 133 Å². The molecule has 3 heteroatoms. The van der Waals surface area contributed by atoms with Crippen LogP contribution in [-0.4, -0.2) is 4.57 Å². The van der Waals surface area contributed by atoms with Crippen LogP contribution in [0.3, 0.4) is 0 Å². The fourth-order valence-electron chi connectivity index (χ4n) is 2.85. The summed E-state index contributed by atoms with van der Waals surface area (Å²) in [7, 11) is 2.14. The Morgan fingerprint density at radius 1 is 1.10 bits per heavy atom. The lowest BCUT2D eigenvalue weighted by molar-refractivity contribution is 0.862. The molecule has 0 bridgehead atoms. The van der Waals surface area contributed by atoms with Crippen LogP contribution in [0.5, 0.6) is 0 Å². The van der Waals surface area contributed by atoms with Gasteiger partial charge in [0.1, 0.15) is 0 Å². The Balaban J connectivity index is 1.94. The van der Waals surface area contributed by atoms with Gasteiger partial charge in [-0.15, -0.1) is 0 Å². The van der Waals surface area contributed by atoms with Gasteiger partial charge in [-0.25, -0.2) is 0 Å². The van der Waals surface area contributed by atoms with Crippen molar-refractivity contribution < 1.29 is 0 Å². The summed E-state index contributed by atoms with van der Waals surface area (Å²) in [6.07, 6.45) is 0. The van der Waals surface area contributed by atoms with E-state index in [1.807, 2.05) is 0 Å². The van der Waals surface area contributed by atoms with Crippen LogP contribution < -0.4 is 5.32 Å². The van der Waals surface area contributed by atoms with Crippen molar-refractivity contribution in [3.63, 3.8) is 0 Å². The molecule has 0 aliphatic rings. The van der Waals surface area contributed by atoms with Crippen molar-refractivity contribution >= 4 is 32.5 Å². The minimum Gasteiger partial charge on any atom is -0.379 e. The van der Waals surface area contributed by atoms with Gasteiger partial charge in [0.05, 0.1) is 6.54 Å². The SMILES string of the molecule is Cc1ccc(Br)cc1NCc1c(C)c2ccccc2n1C. The van der Waals surface area contributed by atoms with Gasteiger partial charge in [0.15, 0.2) is 0 Å². The zero-order valence-electron chi connectivity index (χ0n) is 12.6. The molecule has 1 N–H and O–H groups in total. The minimum atomic E-state index is 0.828. The van der Waals surface area contributed by atoms with Gasteiger partial charge in [-0.3, -0.25) is 0 Å². The summed E-state index contributed by atoms with van der Waals surface area (Å²) in [6, 6.07) is 14.9. The second-order valence-corrected chi connectivity index (χ2v) is 6.38. The van der Waals surface area contributed by atoms with Crippen molar-refractivity contribution in [3.05, 3.63) is 63.8 Å². The molecule has 1 aromatic heterocycles. The van der Waals surface area contributed by atoms with Crippen LogP contribution >= 0.6 is 15.9 Å². The molecule has 0 fully saturated rings. The average Bonchev–Trinajstić information content (AvgIpc) is 2.73. The molecule has 3 aromatic rings. The fourth-order valence-corrected chi connectivity index (χ4v) is 3.21. The summed E-state index contributed by atoms with van der Waals surface area (Å²) >= 11 is 3.53. The van der Waals surface area contributed by atoms with E-state index in [0.29, 0.717) is 0 Å². The van der Waals surface area contributed by atoms with E-state index in [0.717, 1.165) is 11.0 Å². The first-order chi connectivity index (χ1) is 10.1. The van der Waals surface area contributed by atoms with Crippen LogP contribution in [0, 0.1) is 13.8 Å². The number of para-hydroxylation sites is 1. The van der Waals surface area contributed by atoms with E-state index in [1.165, 1.54) is 33.4 Å². The molecule has 2 nitrogen and oxygen atoms in total. The van der Waals surface area contributed by atoms with Crippen molar-refractivity contribution in [2.45, 2.75) is 20.4 Å². The van der Waals surface area contributed by atoms with E-state index in [-0.39, 0.29) is 0 Å². The van der Waals surface area contributed by atoms with Crippen molar-refractivity contribution in [1.82, 2.24) is 4.57 Å². The highest BCUT2D eigenvalue weighted by atomic mass is 79.9. The number of benzene rings is 2. The quantitative estimate of drug-likeness (QED) is 0.694. The van der Waals surface area contributed by atoms with Gasteiger partial charge in [-0.05, 0) is 43.2 Å². The third-order valence-corrected chi connectivity index (χ3v) is 4.65. The fraction of sp³-hybridized carbons (Fsp3) is 0.222. The molecule has 0 spiro atoms. The third kappa shape index (κ3) is 2.58. The van der Waals surface area contributed by atoms with Gasteiger partial charge < -0.3 is 9.88 Å². The number of fused-ring (bicyclic) bond motifs is 1. The van der Waals surface area contributed by atoms with Crippen molar-refractivity contribution in [1.29, 1.82) is 0 Å². The second-order valence-electron chi connectivity index (χ2n) is 5.46. The lowest BCUT2D eigenvalue weighted by Gasteiger charge is -2.12. The number of halogens is 1. The van der Waals surface area contributed by atoms with Crippen molar-refractivity contribution in [2.24, 2.45) is 7.05 Å². The molecule has 2 aromatic carbocycles. The number of hydrogen-bond donors (Lipinski definition) is 1. The topological polar surface area (TPSA) is 17.0 Å². The predicted molar refractivity (Wildman–Crippen MR) is 93.9 cm³/mol. The van der Waals surface area contributed by atoms with E-state index in [1.54, 1.807) is 0 Å². The molecular formula is C18H19BrN2. The number of rotatable bonds is 3. The Hall–Kier alpha value is -1.74. The summed E-state index contributed by atoms with van der Waals surface area (Å²) < 4.78 is 3.38. The molecule has 0 aliphatic carbocycles. The van der Waals surface area contributed by atoms with E-state index in [4.69, 9.17) is 0 Å². The van der Waals surface area contributed by atoms with Gasteiger partial charge in [0, 0.05) is 33.8 Å². The molecule has 21 heavy (non-hydrogen) atoms. The van der Waals surface area contributed by atoms with Crippen molar-refractivity contribution in [2.75, 3.05) is 5.32 Å². The molecule has 0 unspecified atom stereocenters. The van der Waals surface area contributed by atoms with E-state index < -0.39 is 0 Å². The Kier molecular flexibility index (Phi) is 3.77. The monoisotopic (exact) mass is 342 g/mol. The standard InChI is InChI=1S/C18H19BrN2/c1-12-8-9-14(19)10-16(12)20-11-18-13(2)15-6-4-5-7-17(15)21(18)3/h4-10,20H,11H2,1-3H3. The molecule has 1 heterocycles. The maximum Gasteiger partial charge on any atom is 0.0556 e. The van der Waals surface area contributed by atoms with Crippen LogP contribution in [0.1, 0.15) is 16.8 Å².